The number of sulfonamides is 1. The second-order valence-electron chi connectivity index (χ2n) is 7.09. The molecule has 0 N–H and O–H groups in total. The van der Waals surface area contributed by atoms with E-state index < -0.39 is 37.8 Å². The van der Waals surface area contributed by atoms with E-state index in [2.05, 4.69) is 4.74 Å². The highest BCUT2D eigenvalue weighted by molar-refractivity contribution is 7.91. The summed E-state index contributed by atoms with van der Waals surface area (Å²) in [6, 6.07) is 5.49. The third-order valence-electron chi connectivity index (χ3n) is 5.10. The molecular weight excluding hydrogens is 444 g/mol. The number of carbonyl (C=O) groups excluding carboxylic acids is 2. The summed E-state index contributed by atoms with van der Waals surface area (Å²) in [6.45, 7) is 3.91. The Morgan fingerprint density at radius 3 is 2.26 bits per heavy atom. The van der Waals surface area contributed by atoms with Gasteiger partial charge in [-0.05, 0) is 30.2 Å². The molecule has 172 valence electrons. The molecule has 0 bridgehead atoms. The number of nitrogens with zero attached hydrogens (tertiary/aromatic N) is 2. The van der Waals surface area contributed by atoms with E-state index in [1.54, 1.807) is 26.0 Å². The first-order chi connectivity index (χ1) is 14.5. The molecule has 0 saturated carbocycles. The molecule has 1 aromatic carbocycles. The molecule has 0 aliphatic carbocycles. The van der Waals surface area contributed by atoms with Gasteiger partial charge in [0.15, 0.2) is 9.84 Å². The molecule has 1 aromatic rings. The lowest BCUT2D eigenvalue weighted by molar-refractivity contribution is -0.146. The summed E-state index contributed by atoms with van der Waals surface area (Å²) in [5.74, 6) is -1.39. The van der Waals surface area contributed by atoms with E-state index in [9.17, 15) is 26.4 Å². The van der Waals surface area contributed by atoms with Gasteiger partial charge in [-0.2, -0.15) is 4.31 Å². The van der Waals surface area contributed by atoms with Crippen LogP contribution in [0.15, 0.2) is 35.2 Å². The van der Waals surface area contributed by atoms with Crippen LogP contribution in [0.3, 0.4) is 0 Å². The number of hydrogen-bond donors (Lipinski definition) is 0. The Morgan fingerprint density at radius 2 is 1.77 bits per heavy atom. The molecule has 1 unspecified atom stereocenters. The number of hydrogen-bond acceptors (Lipinski definition) is 7. The van der Waals surface area contributed by atoms with Crippen LogP contribution >= 0.6 is 0 Å². The molecule has 1 aliphatic heterocycles. The SMILES string of the molecule is CCN(CC)S(=O)(=O)c1ccc(/C=C/C(=O)N(CC(=O)OC)C2CCS(=O)(=O)C2)cc1. The summed E-state index contributed by atoms with van der Waals surface area (Å²) < 4.78 is 54.6. The van der Waals surface area contributed by atoms with Gasteiger partial charge in [-0.15, -0.1) is 0 Å². The van der Waals surface area contributed by atoms with Gasteiger partial charge in [0.05, 0.1) is 23.5 Å². The van der Waals surface area contributed by atoms with E-state index in [1.165, 1.54) is 40.6 Å². The minimum absolute atomic E-state index is 0.0329. The topological polar surface area (TPSA) is 118 Å². The molecule has 9 nitrogen and oxygen atoms in total. The molecule has 1 amide bonds. The van der Waals surface area contributed by atoms with Gasteiger partial charge in [0.1, 0.15) is 6.54 Å². The lowest BCUT2D eigenvalue weighted by Gasteiger charge is -2.25. The first-order valence-electron chi connectivity index (χ1n) is 9.90. The van der Waals surface area contributed by atoms with Crippen molar-refractivity contribution in [3.05, 3.63) is 35.9 Å². The minimum Gasteiger partial charge on any atom is -0.468 e. The molecule has 0 spiro atoms. The zero-order valence-corrected chi connectivity index (χ0v) is 19.5. The Bertz CT molecular complexity index is 1030. The molecule has 1 atom stereocenters. The van der Waals surface area contributed by atoms with Gasteiger partial charge in [-0.1, -0.05) is 26.0 Å². The normalized spacial score (nSPS) is 18.4. The fourth-order valence-corrected chi connectivity index (χ4v) is 6.53. The van der Waals surface area contributed by atoms with E-state index in [0.717, 1.165) is 0 Å². The Labute approximate surface area is 183 Å². The quantitative estimate of drug-likeness (QED) is 0.387. The van der Waals surface area contributed by atoms with Crippen LogP contribution in [0.25, 0.3) is 6.08 Å². The highest BCUT2D eigenvalue weighted by Gasteiger charge is 2.35. The summed E-state index contributed by atoms with van der Waals surface area (Å²) in [6.07, 6.45) is 2.99. The summed E-state index contributed by atoms with van der Waals surface area (Å²) in [5.41, 5.74) is 0.587. The van der Waals surface area contributed by atoms with Gasteiger partial charge < -0.3 is 9.64 Å². The average molecular weight is 473 g/mol. The van der Waals surface area contributed by atoms with Gasteiger partial charge in [0.25, 0.3) is 0 Å². The van der Waals surface area contributed by atoms with E-state index in [1.807, 2.05) is 0 Å². The molecule has 0 radical (unpaired) electrons. The Hall–Kier alpha value is -2.24. The Balaban J connectivity index is 2.18. The minimum atomic E-state index is -3.58. The van der Waals surface area contributed by atoms with Crippen LogP contribution < -0.4 is 0 Å². The fraction of sp³-hybridized carbons (Fsp3) is 0.500. The molecule has 11 heteroatoms. The predicted octanol–water partition coefficient (Wildman–Crippen LogP) is 0.919. The third kappa shape index (κ3) is 6.37. The van der Waals surface area contributed by atoms with Crippen molar-refractivity contribution < 1.29 is 31.2 Å². The van der Waals surface area contributed by atoms with Gasteiger partial charge in [-0.3, -0.25) is 9.59 Å². The van der Waals surface area contributed by atoms with Crippen molar-refractivity contribution in [2.75, 3.05) is 38.2 Å². The number of benzene rings is 1. The lowest BCUT2D eigenvalue weighted by Crippen LogP contribution is -2.43. The average Bonchev–Trinajstić information content (AvgIpc) is 3.10. The predicted molar refractivity (Wildman–Crippen MR) is 116 cm³/mol. The maximum absolute atomic E-state index is 12.7. The van der Waals surface area contributed by atoms with Gasteiger partial charge in [0.2, 0.25) is 15.9 Å². The molecule has 2 rings (SSSR count). The van der Waals surface area contributed by atoms with E-state index >= 15 is 0 Å². The van der Waals surface area contributed by atoms with Crippen LogP contribution in [-0.2, 0) is 34.2 Å². The molecule has 1 saturated heterocycles. The summed E-state index contributed by atoms with van der Waals surface area (Å²) in [5, 5.41) is 0. The number of esters is 1. The maximum Gasteiger partial charge on any atom is 0.325 e. The van der Waals surface area contributed by atoms with Crippen molar-refractivity contribution in [1.29, 1.82) is 0 Å². The number of methoxy groups -OCH3 is 1. The molecule has 1 aliphatic rings. The van der Waals surface area contributed by atoms with Crippen LogP contribution in [0.1, 0.15) is 25.8 Å². The van der Waals surface area contributed by atoms with Crippen molar-refractivity contribution >= 4 is 37.8 Å². The Morgan fingerprint density at radius 1 is 1.16 bits per heavy atom. The van der Waals surface area contributed by atoms with Crippen LogP contribution in [0, 0.1) is 0 Å². The molecule has 1 heterocycles. The zero-order valence-electron chi connectivity index (χ0n) is 17.9. The van der Waals surface area contributed by atoms with Crippen LogP contribution in [-0.4, -0.2) is 82.2 Å². The number of rotatable bonds is 9. The number of amides is 1. The molecular formula is C20H28N2O7S2. The lowest BCUT2D eigenvalue weighted by atomic mass is 10.2. The summed E-state index contributed by atoms with van der Waals surface area (Å²) in [7, 11) is -5.63. The van der Waals surface area contributed by atoms with Crippen LogP contribution in [0.4, 0.5) is 0 Å². The van der Waals surface area contributed by atoms with Crippen molar-refractivity contribution in [1.82, 2.24) is 9.21 Å². The van der Waals surface area contributed by atoms with Crippen molar-refractivity contribution in [3.8, 4) is 0 Å². The summed E-state index contributed by atoms with van der Waals surface area (Å²) in [4.78, 5) is 25.8. The van der Waals surface area contributed by atoms with Crippen molar-refractivity contribution in [2.24, 2.45) is 0 Å². The van der Waals surface area contributed by atoms with Gasteiger partial charge in [0, 0.05) is 25.2 Å². The number of ether oxygens (including phenoxy) is 1. The van der Waals surface area contributed by atoms with Crippen molar-refractivity contribution in [2.45, 2.75) is 31.2 Å². The fourth-order valence-electron chi connectivity index (χ4n) is 3.34. The zero-order chi connectivity index (χ0) is 23.2. The van der Waals surface area contributed by atoms with Gasteiger partial charge in [-0.25, -0.2) is 16.8 Å². The van der Waals surface area contributed by atoms with E-state index in [0.29, 0.717) is 18.7 Å². The highest BCUT2D eigenvalue weighted by Crippen LogP contribution is 2.20. The molecule has 0 aromatic heterocycles. The first-order valence-corrected chi connectivity index (χ1v) is 13.2. The second kappa shape index (κ2) is 10.4. The van der Waals surface area contributed by atoms with E-state index in [-0.39, 0.29) is 29.4 Å². The molecule has 31 heavy (non-hydrogen) atoms. The largest absolute Gasteiger partial charge is 0.468 e. The maximum atomic E-state index is 12.7. The number of carbonyl (C=O) groups is 2. The molecule has 1 fully saturated rings. The second-order valence-corrected chi connectivity index (χ2v) is 11.3. The smallest absolute Gasteiger partial charge is 0.325 e. The van der Waals surface area contributed by atoms with E-state index in [4.69, 9.17) is 0 Å². The highest BCUT2D eigenvalue weighted by atomic mass is 32.2. The standard InChI is InChI=1S/C20H28N2O7S2/c1-4-21(5-2)31(27,28)18-9-6-16(7-10-18)8-11-19(23)22(14-20(24)29-3)17-12-13-30(25,26)15-17/h6-11,17H,4-5,12-15H2,1-3H3/b11-8+. The third-order valence-corrected chi connectivity index (χ3v) is 8.92. The summed E-state index contributed by atoms with van der Waals surface area (Å²) >= 11 is 0. The van der Waals surface area contributed by atoms with Gasteiger partial charge >= 0.3 is 5.97 Å². The van der Waals surface area contributed by atoms with Crippen LogP contribution in [0.2, 0.25) is 0 Å². The first kappa shape index (κ1) is 25.0. The number of sulfone groups is 1. The Kier molecular flexibility index (Phi) is 8.38. The van der Waals surface area contributed by atoms with Crippen LogP contribution in [0.5, 0.6) is 0 Å². The monoisotopic (exact) mass is 472 g/mol. The van der Waals surface area contributed by atoms with Crippen molar-refractivity contribution in [3.63, 3.8) is 0 Å².